The van der Waals surface area contributed by atoms with Crippen molar-refractivity contribution in [2.45, 2.75) is 61.3 Å². The topological polar surface area (TPSA) is 27.7 Å². The van der Waals surface area contributed by atoms with Gasteiger partial charge in [-0.3, -0.25) is 0 Å². The Kier molecular flexibility index (Phi) is 13.8. The van der Waals surface area contributed by atoms with Gasteiger partial charge >= 0.3 is 0 Å². The fourth-order valence-corrected chi connectivity index (χ4v) is 2.44. The van der Waals surface area contributed by atoms with E-state index in [0.29, 0.717) is 6.61 Å². The number of hydrogen-bond donors (Lipinski definition) is 0. The van der Waals surface area contributed by atoms with Crippen molar-refractivity contribution in [2.24, 2.45) is 0 Å². The van der Waals surface area contributed by atoms with Gasteiger partial charge in [-0.2, -0.15) is 0 Å². The van der Waals surface area contributed by atoms with Crippen molar-refractivity contribution in [3.05, 3.63) is 53.1 Å². The van der Waals surface area contributed by atoms with Gasteiger partial charge in [0.25, 0.3) is 0 Å². The number of hydrogen-bond acceptors (Lipinski definition) is 3. The maximum absolute atomic E-state index is 5.83. The van der Waals surface area contributed by atoms with Gasteiger partial charge in [-0.1, -0.05) is 45.4 Å². The molecule has 3 heteroatoms. The largest absolute Gasteiger partial charge is 0.497 e. The summed E-state index contributed by atoms with van der Waals surface area (Å²) in [5, 5.41) is 0. The molecule has 0 aliphatic heterocycles. The molecule has 0 bridgehead atoms. The minimum absolute atomic E-state index is 0.698. The van der Waals surface area contributed by atoms with Gasteiger partial charge in [-0.25, -0.2) is 0 Å². The molecule has 0 amide bonds. The molecule has 0 fully saturated rings. The SMILES string of the molecule is CC.CC.COc1ccc(OCCCCOc2ccc(C)cc2C)c(C)c1. The Hall–Kier alpha value is -2.16. The van der Waals surface area contributed by atoms with E-state index in [2.05, 4.69) is 26.0 Å². The van der Waals surface area contributed by atoms with Crippen LogP contribution in [0.25, 0.3) is 0 Å². The van der Waals surface area contributed by atoms with Crippen molar-refractivity contribution in [2.75, 3.05) is 20.3 Å². The number of ether oxygens (including phenoxy) is 3. The van der Waals surface area contributed by atoms with Crippen LogP contribution in [0, 0.1) is 20.8 Å². The van der Waals surface area contributed by atoms with Crippen LogP contribution in [0.15, 0.2) is 36.4 Å². The highest BCUT2D eigenvalue weighted by atomic mass is 16.5. The van der Waals surface area contributed by atoms with Gasteiger partial charge < -0.3 is 14.2 Å². The molecule has 0 saturated heterocycles. The molecule has 2 aromatic carbocycles. The van der Waals surface area contributed by atoms with Crippen molar-refractivity contribution in [3.63, 3.8) is 0 Å². The lowest BCUT2D eigenvalue weighted by Crippen LogP contribution is -2.04. The van der Waals surface area contributed by atoms with Crippen LogP contribution >= 0.6 is 0 Å². The monoisotopic (exact) mass is 374 g/mol. The second kappa shape index (κ2) is 15.0. The summed E-state index contributed by atoms with van der Waals surface area (Å²) in [7, 11) is 1.67. The second-order valence-corrected chi connectivity index (χ2v) is 5.80. The maximum atomic E-state index is 5.83. The van der Waals surface area contributed by atoms with Crippen LogP contribution in [0.4, 0.5) is 0 Å². The Morgan fingerprint density at radius 2 is 1.15 bits per heavy atom. The molecule has 0 spiro atoms. The van der Waals surface area contributed by atoms with Gasteiger partial charge in [0.05, 0.1) is 20.3 Å². The molecule has 2 aromatic rings. The van der Waals surface area contributed by atoms with Gasteiger partial charge in [0.15, 0.2) is 0 Å². The van der Waals surface area contributed by atoms with Gasteiger partial charge in [-0.15, -0.1) is 0 Å². The normalized spacial score (nSPS) is 9.33. The lowest BCUT2D eigenvalue weighted by atomic mass is 10.1. The van der Waals surface area contributed by atoms with Crippen molar-refractivity contribution in [3.8, 4) is 17.2 Å². The van der Waals surface area contributed by atoms with Crippen LogP contribution in [0.2, 0.25) is 0 Å². The summed E-state index contributed by atoms with van der Waals surface area (Å²) in [6.07, 6.45) is 1.94. The van der Waals surface area contributed by atoms with Crippen molar-refractivity contribution in [1.82, 2.24) is 0 Å². The zero-order valence-corrected chi connectivity index (χ0v) is 18.5. The van der Waals surface area contributed by atoms with E-state index in [9.17, 15) is 0 Å². The zero-order chi connectivity index (χ0) is 20.7. The Labute approximate surface area is 166 Å². The first kappa shape index (κ1) is 24.8. The van der Waals surface area contributed by atoms with Crippen molar-refractivity contribution < 1.29 is 14.2 Å². The quantitative estimate of drug-likeness (QED) is 0.470. The summed E-state index contributed by atoms with van der Waals surface area (Å²) in [5.41, 5.74) is 3.55. The number of unbranched alkanes of at least 4 members (excludes halogenated alkanes) is 1. The van der Waals surface area contributed by atoms with E-state index in [1.165, 1.54) is 11.1 Å². The summed E-state index contributed by atoms with van der Waals surface area (Å²) in [6.45, 7) is 15.6. The molecule has 152 valence electrons. The highest BCUT2D eigenvalue weighted by molar-refractivity contribution is 5.39. The van der Waals surface area contributed by atoms with E-state index >= 15 is 0 Å². The van der Waals surface area contributed by atoms with Crippen LogP contribution in [0.3, 0.4) is 0 Å². The summed E-state index contributed by atoms with van der Waals surface area (Å²) in [6, 6.07) is 12.1. The molecule has 3 nitrogen and oxygen atoms in total. The van der Waals surface area contributed by atoms with E-state index < -0.39 is 0 Å². The van der Waals surface area contributed by atoms with Crippen LogP contribution in [0.5, 0.6) is 17.2 Å². The number of benzene rings is 2. The number of rotatable bonds is 8. The molecular weight excluding hydrogens is 336 g/mol. The Balaban J connectivity index is 0.00000158. The smallest absolute Gasteiger partial charge is 0.122 e. The van der Waals surface area contributed by atoms with E-state index in [1.807, 2.05) is 58.9 Å². The molecule has 2 rings (SSSR count). The third-order valence-electron chi connectivity index (χ3n) is 3.77. The number of methoxy groups -OCH3 is 1. The fraction of sp³-hybridized carbons (Fsp3) is 0.500. The molecular formula is C24H38O3. The lowest BCUT2D eigenvalue weighted by Gasteiger charge is -2.11. The van der Waals surface area contributed by atoms with E-state index in [0.717, 1.165) is 42.3 Å². The zero-order valence-electron chi connectivity index (χ0n) is 18.5. The molecule has 0 N–H and O–H groups in total. The van der Waals surface area contributed by atoms with Crippen molar-refractivity contribution in [1.29, 1.82) is 0 Å². The number of aryl methyl sites for hydroxylation is 3. The minimum Gasteiger partial charge on any atom is -0.497 e. The Morgan fingerprint density at radius 1 is 0.667 bits per heavy atom. The van der Waals surface area contributed by atoms with E-state index in [4.69, 9.17) is 14.2 Å². The molecule has 0 unspecified atom stereocenters. The van der Waals surface area contributed by atoms with Crippen molar-refractivity contribution >= 4 is 0 Å². The minimum atomic E-state index is 0.698. The summed E-state index contributed by atoms with van der Waals surface area (Å²) in [4.78, 5) is 0. The van der Waals surface area contributed by atoms with Crippen LogP contribution in [0.1, 0.15) is 57.2 Å². The second-order valence-electron chi connectivity index (χ2n) is 5.80. The predicted octanol–water partition coefficient (Wildman–Crippen LogP) is 6.91. The molecule has 0 aromatic heterocycles. The Morgan fingerprint density at radius 3 is 1.59 bits per heavy atom. The molecule has 0 saturated carbocycles. The van der Waals surface area contributed by atoms with Crippen LogP contribution in [-0.2, 0) is 0 Å². The standard InChI is InChI=1S/C20H26O3.2C2H6/c1-15-7-9-19(16(2)13-15)22-11-5-6-12-23-20-10-8-18(21-4)14-17(20)3;2*1-2/h7-10,13-14H,5-6,11-12H2,1-4H3;2*1-2H3. The van der Waals surface area contributed by atoms with Gasteiger partial charge in [-0.05, 0) is 69.0 Å². The molecule has 27 heavy (non-hydrogen) atoms. The summed E-state index contributed by atoms with van der Waals surface area (Å²) in [5.74, 6) is 2.75. The first-order chi connectivity index (χ1) is 13.1. The highest BCUT2D eigenvalue weighted by Gasteiger charge is 2.02. The molecule has 0 heterocycles. The molecule has 0 aliphatic carbocycles. The molecule has 0 aliphatic rings. The molecule has 0 radical (unpaired) electrons. The third kappa shape index (κ3) is 9.37. The highest BCUT2D eigenvalue weighted by Crippen LogP contribution is 2.23. The van der Waals surface area contributed by atoms with E-state index in [1.54, 1.807) is 7.11 Å². The van der Waals surface area contributed by atoms with Gasteiger partial charge in [0, 0.05) is 0 Å². The van der Waals surface area contributed by atoms with Crippen LogP contribution < -0.4 is 14.2 Å². The van der Waals surface area contributed by atoms with Gasteiger partial charge in [0.1, 0.15) is 17.2 Å². The molecule has 0 atom stereocenters. The summed E-state index contributed by atoms with van der Waals surface area (Å²) < 4.78 is 16.8. The van der Waals surface area contributed by atoms with E-state index in [-0.39, 0.29) is 0 Å². The fourth-order valence-electron chi connectivity index (χ4n) is 2.44. The predicted molar refractivity (Wildman–Crippen MR) is 117 cm³/mol. The van der Waals surface area contributed by atoms with Gasteiger partial charge in [0.2, 0.25) is 0 Å². The Bertz CT molecular complexity index is 636. The maximum Gasteiger partial charge on any atom is 0.122 e. The average molecular weight is 375 g/mol. The average Bonchev–Trinajstić information content (AvgIpc) is 2.70. The lowest BCUT2D eigenvalue weighted by molar-refractivity contribution is 0.264. The third-order valence-corrected chi connectivity index (χ3v) is 3.77. The first-order valence-electron chi connectivity index (χ1n) is 10.1. The van der Waals surface area contributed by atoms with Crippen LogP contribution in [-0.4, -0.2) is 20.3 Å². The summed E-state index contributed by atoms with van der Waals surface area (Å²) >= 11 is 0. The first-order valence-corrected chi connectivity index (χ1v) is 10.1.